The number of amides is 1. The Morgan fingerprint density at radius 3 is 2.25 bits per heavy atom. The number of hydrogen-bond acceptors (Lipinski definition) is 2. The molecule has 3 nitrogen and oxygen atoms in total. The molecule has 1 unspecified atom stereocenters. The van der Waals surface area contributed by atoms with Gasteiger partial charge in [0.25, 0.3) is 5.91 Å². The molecule has 0 spiro atoms. The van der Waals surface area contributed by atoms with Gasteiger partial charge in [0, 0.05) is 18.7 Å². The molecule has 1 saturated carbocycles. The number of hydrogen-bond donors (Lipinski definition) is 1. The summed E-state index contributed by atoms with van der Waals surface area (Å²) < 4.78 is 0. The molecule has 0 bridgehead atoms. The van der Waals surface area contributed by atoms with Crippen molar-refractivity contribution in [3.8, 4) is 11.1 Å². The largest absolute Gasteiger partial charge is 0.393 e. The lowest BCUT2D eigenvalue weighted by molar-refractivity contribution is 0.0765. The molecule has 0 aromatic heterocycles. The average Bonchev–Trinajstić information content (AvgIpc) is 3.12. The van der Waals surface area contributed by atoms with E-state index in [1.54, 1.807) is 0 Å². The van der Waals surface area contributed by atoms with Crippen molar-refractivity contribution in [2.45, 2.75) is 25.9 Å². The number of nitrogens with zero attached hydrogens (tertiary/aromatic N) is 1. The molecule has 4 rings (SSSR count). The number of likely N-dealkylation sites (tertiary alicyclic amines) is 1. The maximum atomic E-state index is 12.7. The highest BCUT2D eigenvalue weighted by Gasteiger charge is 2.41. The Bertz CT molecular complexity index is 739. The molecule has 1 heterocycles. The second-order valence-electron chi connectivity index (χ2n) is 7.25. The van der Waals surface area contributed by atoms with Gasteiger partial charge < -0.3 is 10.0 Å². The summed E-state index contributed by atoms with van der Waals surface area (Å²) in [4.78, 5) is 14.7. The van der Waals surface area contributed by atoms with Crippen LogP contribution in [0.1, 0.15) is 28.8 Å². The highest BCUT2D eigenvalue weighted by Crippen LogP contribution is 2.38. The quantitative estimate of drug-likeness (QED) is 0.919. The zero-order valence-electron chi connectivity index (χ0n) is 14.0. The van der Waals surface area contributed by atoms with E-state index in [-0.39, 0.29) is 12.0 Å². The molecule has 0 radical (unpaired) electrons. The third-order valence-corrected chi connectivity index (χ3v) is 5.60. The first-order valence-corrected chi connectivity index (χ1v) is 8.75. The molecular formula is C21H23NO2. The predicted octanol–water partition coefficient (Wildman–Crippen LogP) is 3.50. The van der Waals surface area contributed by atoms with Crippen molar-refractivity contribution in [1.82, 2.24) is 4.90 Å². The van der Waals surface area contributed by atoms with E-state index in [0.29, 0.717) is 11.8 Å². The Labute approximate surface area is 142 Å². The maximum Gasteiger partial charge on any atom is 0.253 e. The van der Waals surface area contributed by atoms with Gasteiger partial charge >= 0.3 is 0 Å². The van der Waals surface area contributed by atoms with Gasteiger partial charge in [0.2, 0.25) is 0 Å². The summed E-state index contributed by atoms with van der Waals surface area (Å²) in [5.74, 6) is 1.08. The third kappa shape index (κ3) is 2.73. The number of fused-ring (bicyclic) bond motifs is 1. The van der Waals surface area contributed by atoms with Crippen LogP contribution in [-0.4, -0.2) is 35.1 Å². The molecule has 1 saturated heterocycles. The summed E-state index contributed by atoms with van der Waals surface area (Å²) in [7, 11) is 0. The lowest BCUT2D eigenvalue weighted by Crippen LogP contribution is -2.30. The molecule has 2 aliphatic rings. The van der Waals surface area contributed by atoms with Crippen LogP contribution < -0.4 is 0 Å². The Hall–Kier alpha value is -2.13. The van der Waals surface area contributed by atoms with Crippen molar-refractivity contribution in [3.05, 3.63) is 59.7 Å². The van der Waals surface area contributed by atoms with Gasteiger partial charge in [-0.25, -0.2) is 0 Å². The summed E-state index contributed by atoms with van der Waals surface area (Å²) in [5, 5.41) is 9.73. The van der Waals surface area contributed by atoms with Crippen LogP contribution in [0.5, 0.6) is 0 Å². The van der Waals surface area contributed by atoms with E-state index in [1.165, 1.54) is 11.1 Å². The number of aliphatic hydroxyl groups excluding tert-OH is 1. The number of carbonyl (C=O) groups excluding carboxylic acids is 1. The molecule has 1 amide bonds. The first-order chi connectivity index (χ1) is 11.6. The molecule has 2 fully saturated rings. The second kappa shape index (κ2) is 6.06. The van der Waals surface area contributed by atoms with Gasteiger partial charge in [0.05, 0.1) is 6.10 Å². The van der Waals surface area contributed by atoms with E-state index in [9.17, 15) is 9.90 Å². The summed E-state index contributed by atoms with van der Waals surface area (Å²) in [6.07, 6.45) is 1.53. The number of benzene rings is 2. The van der Waals surface area contributed by atoms with E-state index >= 15 is 0 Å². The van der Waals surface area contributed by atoms with Crippen molar-refractivity contribution in [1.29, 1.82) is 0 Å². The fourth-order valence-electron chi connectivity index (χ4n) is 4.31. The Morgan fingerprint density at radius 2 is 1.62 bits per heavy atom. The number of carbonyl (C=O) groups is 1. The summed E-state index contributed by atoms with van der Waals surface area (Å²) >= 11 is 0. The number of aliphatic hydroxyl groups is 1. The zero-order chi connectivity index (χ0) is 16.7. The van der Waals surface area contributed by atoms with Gasteiger partial charge in [-0.1, -0.05) is 36.4 Å². The van der Waals surface area contributed by atoms with Crippen LogP contribution >= 0.6 is 0 Å². The minimum absolute atomic E-state index is 0.121. The smallest absolute Gasteiger partial charge is 0.253 e. The third-order valence-electron chi connectivity index (χ3n) is 5.60. The van der Waals surface area contributed by atoms with Crippen molar-refractivity contribution < 1.29 is 9.90 Å². The fraction of sp³-hybridized carbons (Fsp3) is 0.381. The van der Waals surface area contributed by atoms with Crippen LogP contribution in [0.4, 0.5) is 0 Å². The van der Waals surface area contributed by atoms with Crippen molar-refractivity contribution >= 4 is 5.91 Å². The highest BCUT2D eigenvalue weighted by atomic mass is 16.3. The Balaban J connectivity index is 1.49. The SMILES string of the molecule is Cc1ccccc1-c1ccc(C(=O)N2C[C@H]3CC(O)C[C@H]3C2)cc1. The minimum Gasteiger partial charge on any atom is -0.393 e. The first kappa shape index (κ1) is 15.4. The van der Waals surface area contributed by atoms with Gasteiger partial charge in [-0.2, -0.15) is 0 Å². The van der Waals surface area contributed by atoms with Gasteiger partial charge in [0.15, 0.2) is 0 Å². The topological polar surface area (TPSA) is 40.5 Å². The summed E-state index contributed by atoms with van der Waals surface area (Å²) in [6.45, 7) is 3.69. The second-order valence-corrected chi connectivity index (χ2v) is 7.25. The van der Waals surface area contributed by atoms with E-state index in [0.717, 1.165) is 37.1 Å². The summed E-state index contributed by atoms with van der Waals surface area (Å²) in [5.41, 5.74) is 4.35. The highest BCUT2D eigenvalue weighted by molar-refractivity contribution is 5.95. The molecule has 1 aliphatic carbocycles. The van der Waals surface area contributed by atoms with E-state index < -0.39 is 0 Å². The summed E-state index contributed by atoms with van der Waals surface area (Å²) in [6, 6.07) is 16.2. The molecule has 2 aromatic rings. The lowest BCUT2D eigenvalue weighted by Gasteiger charge is -2.18. The first-order valence-electron chi connectivity index (χ1n) is 8.75. The standard InChI is InChI=1S/C21H23NO2/c1-14-4-2-3-5-20(14)15-6-8-16(9-7-15)21(24)22-12-17-10-19(23)11-18(17)13-22/h2-9,17-19,23H,10-13H2,1H3/t17-,18+,19?. The molecule has 124 valence electrons. The average molecular weight is 321 g/mol. The monoisotopic (exact) mass is 321 g/mol. The van der Waals surface area contributed by atoms with Crippen LogP contribution in [0.3, 0.4) is 0 Å². The van der Waals surface area contributed by atoms with Crippen LogP contribution in [-0.2, 0) is 0 Å². The zero-order valence-corrected chi connectivity index (χ0v) is 14.0. The molecule has 2 aromatic carbocycles. The Kier molecular flexibility index (Phi) is 3.89. The van der Waals surface area contributed by atoms with Gasteiger partial charge in [0.1, 0.15) is 0 Å². The molecule has 24 heavy (non-hydrogen) atoms. The molecule has 3 atom stereocenters. The molecule has 3 heteroatoms. The van der Waals surface area contributed by atoms with Crippen molar-refractivity contribution in [2.24, 2.45) is 11.8 Å². The lowest BCUT2D eigenvalue weighted by atomic mass is 9.99. The molecular weight excluding hydrogens is 298 g/mol. The Morgan fingerprint density at radius 1 is 1.00 bits per heavy atom. The number of aryl methyl sites for hydroxylation is 1. The van der Waals surface area contributed by atoms with Gasteiger partial charge in [-0.3, -0.25) is 4.79 Å². The van der Waals surface area contributed by atoms with Gasteiger partial charge in [-0.15, -0.1) is 0 Å². The fourth-order valence-corrected chi connectivity index (χ4v) is 4.31. The van der Waals surface area contributed by atoms with E-state index in [1.807, 2.05) is 41.3 Å². The van der Waals surface area contributed by atoms with Crippen LogP contribution in [0.15, 0.2) is 48.5 Å². The van der Waals surface area contributed by atoms with Crippen molar-refractivity contribution in [3.63, 3.8) is 0 Å². The van der Waals surface area contributed by atoms with Crippen LogP contribution in [0.2, 0.25) is 0 Å². The van der Waals surface area contributed by atoms with E-state index in [4.69, 9.17) is 0 Å². The predicted molar refractivity (Wildman–Crippen MR) is 94.7 cm³/mol. The van der Waals surface area contributed by atoms with Crippen LogP contribution in [0, 0.1) is 18.8 Å². The molecule has 1 N–H and O–H groups in total. The van der Waals surface area contributed by atoms with E-state index in [2.05, 4.69) is 19.1 Å². The number of rotatable bonds is 2. The van der Waals surface area contributed by atoms with Gasteiger partial charge in [-0.05, 0) is 60.4 Å². The van der Waals surface area contributed by atoms with Crippen LogP contribution in [0.25, 0.3) is 11.1 Å². The molecule has 1 aliphatic heterocycles. The minimum atomic E-state index is -0.161. The maximum absolute atomic E-state index is 12.7. The van der Waals surface area contributed by atoms with Crippen molar-refractivity contribution in [2.75, 3.05) is 13.1 Å². The normalized spacial score (nSPS) is 25.8.